The average molecular weight is 358 g/mol. The van der Waals surface area contributed by atoms with Crippen LogP contribution in [-0.2, 0) is 9.84 Å². The standard InChI is InChI=1S/C18H18N2O2S2/c1-13-7-9-15(10-8-13)20-17-12-24(21,22)11-16(17)19(18(20)23)14-5-3-2-4-6-14/h2-10,16-17H,11-12H2,1H3/t16-,17+/m0/s1. The van der Waals surface area contributed by atoms with Gasteiger partial charge in [-0.2, -0.15) is 0 Å². The van der Waals surface area contributed by atoms with Gasteiger partial charge in [0.15, 0.2) is 14.9 Å². The monoisotopic (exact) mass is 358 g/mol. The molecule has 0 N–H and O–H groups in total. The van der Waals surface area contributed by atoms with Crippen molar-refractivity contribution in [2.24, 2.45) is 0 Å². The smallest absolute Gasteiger partial charge is 0.181 e. The summed E-state index contributed by atoms with van der Waals surface area (Å²) in [6.45, 7) is 2.03. The summed E-state index contributed by atoms with van der Waals surface area (Å²) < 4.78 is 24.5. The molecule has 0 radical (unpaired) electrons. The Balaban J connectivity index is 1.80. The second-order valence-corrected chi connectivity index (χ2v) is 8.92. The van der Waals surface area contributed by atoms with Gasteiger partial charge in [0.1, 0.15) is 0 Å². The summed E-state index contributed by atoms with van der Waals surface area (Å²) in [5.41, 5.74) is 3.07. The summed E-state index contributed by atoms with van der Waals surface area (Å²) >= 11 is 5.75. The molecule has 4 rings (SSSR count). The minimum Gasteiger partial charge on any atom is -0.312 e. The van der Waals surface area contributed by atoms with Crippen LogP contribution in [0.5, 0.6) is 0 Å². The van der Waals surface area contributed by atoms with E-state index in [1.807, 2.05) is 71.3 Å². The first-order valence-corrected chi connectivity index (χ1v) is 10.1. The molecule has 24 heavy (non-hydrogen) atoms. The van der Waals surface area contributed by atoms with E-state index < -0.39 is 9.84 Å². The predicted octanol–water partition coefficient (Wildman–Crippen LogP) is 2.77. The Morgan fingerprint density at radius 1 is 0.875 bits per heavy atom. The summed E-state index contributed by atoms with van der Waals surface area (Å²) in [5.74, 6) is 0.296. The van der Waals surface area contributed by atoms with Crippen LogP contribution in [0, 0.1) is 6.92 Å². The van der Waals surface area contributed by atoms with Gasteiger partial charge in [0.2, 0.25) is 0 Å². The minimum atomic E-state index is -3.06. The molecule has 124 valence electrons. The molecule has 2 aromatic rings. The molecule has 2 atom stereocenters. The van der Waals surface area contributed by atoms with Crippen LogP contribution in [0.4, 0.5) is 11.4 Å². The number of aryl methyl sites for hydroxylation is 1. The molecule has 2 aliphatic heterocycles. The summed E-state index contributed by atoms with van der Waals surface area (Å²) in [6.07, 6.45) is 0. The maximum atomic E-state index is 12.3. The van der Waals surface area contributed by atoms with Gasteiger partial charge in [0.25, 0.3) is 0 Å². The molecule has 0 spiro atoms. The number of rotatable bonds is 2. The molecule has 2 heterocycles. The first-order chi connectivity index (χ1) is 11.5. The van der Waals surface area contributed by atoms with Gasteiger partial charge < -0.3 is 9.80 Å². The van der Waals surface area contributed by atoms with E-state index in [0.717, 1.165) is 11.4 Å². The fraction of sp³-hybridized carbons (Fsp3) is 0.278. The highest BCUT2D eigenvalue weighted by Crippen LogP contribution is 2.37. The molecule has 2 saturated heterocycles. The second kappa shape index (κ2) is 5.57. The van der Waals surface area contributed by atoms with Crippen LogP contribution in [0.2, 0.25) is 0 Å². The third kappa shape index (κ3) is 2.50. The van der Waals surface area contributed by atoms with Gasteiger partial charge in [0, 0.05) is 11.4 Å². The van der Waals surface area contributed by atoms with Crippen LogP contribution < -0.4 is 9.80 Å². The Hall–Kier alpha value is -1.92. The maximum Gasteiger partial charge on any atom is 0.181 e. The zero-order chi connectivity index (χ0) is 16.9. The highest BCUT2D eigenvalue weighted by molar-refractivity contribution is 7.91. The van der Waals surface area contributed by atoms with Crippen molar-refractivity contribution in [1.29, 1.82) is 0 Å². The molecule has 2 aromatic carbocycles. The van der Waals surface area contributed by atoms with Gasteiger partial charge in [-0.15, -0.1) is 0 Å². The van der Waals surface area contributed by atoms with E-state index in [2.05, 4.69) is 0 Å². The molecule has 0 amide bonds. The number of para-hydroxylation sites is 1. The van der Waals surface area contributed by atoms with Crippen molar-refractivity contribution >= 4 is 38.5 Å². The van der Waals surface area contributed by atoms with E-state index in [1.54, 1.807) is 0 Å². The van der Waals surface area contributed by atoms with E-state index in [-0.39, 0.29) is 23.6 Å². The van der Waals surface area contributed by atoms with E-state index in [0.29, 0.717) is 5.11 Å². The Morgan fingerprint density at radius 3 is 1.92 bits per heavy atom. The van der Waals surface area contributed by atoms with Crippen molar-refractivity contribution in [3.8, 4) is 0 Å². The summed E-state index contributed by atoms with van der Waals surface area (Å²) in [7, 11) is -3.06. The third-order valence-electron chi connectivity index (χ3n) is 4.72. The molecule has 6 heteroatoms. The molecular weight excluding hydrogens is 340 g/mol. The molecule has 0 unspecified atom stereocenters. The zero-order valence-electron chi connectivity index (χ0n) is 13.3. The van der Waals surface area contributed by atoms with Crippen LogP contribution in [-0.4, -0.2) is 37.1 Å². The number of benzene rings is 2. The fourth-order valence-electron chi connectivity index (χ4n) is 3.60. The van der Waals surface area contributed by atoms with Gasteiger partial charge in [-0.3, -0.25) is 0 Å². The first-order valence-electron chi connectivity index (χ1n) is 7.91. The summed E-state index contributed by atoms with van der Waals surface area (Å²) in [5, 5.41) is 0.676. The minimum absolute atomic E-state index is 0.133. The summed E-state index contributed by atoms with van der Waals surface area (Å²) in [4.78, 5) is 4.02. The van der Waals surface area contributed by atoms with Crippen molar-refractivity contribution in [3.05, 3.63) is 60.2 Å². The van der Waals surface area contributed by atoms with Crippen molar-refractivity contribution in [2.45, 2.75) is 19.0 Å². The quantitative estimate of drug-likeness (QED) is 0.772. The van der Waals surface area contributed by atoms with E-state index >= 15 is 0 Å². The van der Waals surface area contributed by atoms with E-state index in [9.17, 15) is 8.42 Å². The van der Waals surface area contributed by atoms with Crippen LogP contribution >= 0.6 is 12.2 Å². The molecule has 0 aliphatic carbocycles. The molecular formula is C18H18N2O2S2. The molecule has 0 aromatic heterocycles. The average Bonchev–Trinajstić information content (AvgIpc) is 2.98. The highest BCUT2D eigenvalue weighted by Gasteiger charge is 2.52. The number of nitrogens with zero attached hydrogens (tertiary/aromatic N) is 2. The lowest BCUT2D eigenvalue weighted by atomic mass is 10.1. The normalized spacial score (nSPS) is 25.1. The van der Waals surface area contributed by atoms with Gasteiger partial charge in [0.05, 0.1) is 23.6 Å². The molecule has 0 saturated carbocycles. The number of thiocarbonyl (C=S) groups is 1. The molecule has 4 nitrogen and oxygen atoms in total. The Bertz CT molecular complexity index is 879. The topological polar surface area (TPSA) is 40.6 Å². The van der Waals surface area contributed by atoms with E-state index in [4.69, 9.17) is 12.2 Å². The van der Waals surface area contributed by atoms with Gasteiger partial charge in [-0.25, -0.2) is 8.42 Å². The molecule has 2 aliphatic rings. The third-order valence-corrected chi connectivity index (χ3v) is 6.81. The SMILES string of the molecule is Cc1ccc(N2C(=S)N(c3ccccc3)[C@H]3CS(=O)(=O)C[C@H]32)cc1. The lowest BCUT2D eigenvalue weighted by Gasteiger charge is -2.25. The van der Waals surface area contributed by atoms with Crippen LogP contribution in [0.3, 0.4) is 0 Å². The Labute approximate surface area is 147 Å². The lowest BCUT2D eigenvalue weighted by molar-refractivity contribution is 0.601. The largest absolute Gasteiger partial charge is 0.312 e. The molecule has 0 bridgehead atoms. The lowest BCUT2D eigenvalue weighted by Crippen LogP contribution is -2.37. The number of anilines is 2. The van der Waals surface area contributed by atoms with Crippen LogP contribution in [0.25, 0.3) is 0 Å². The van der Waals surface area contributed by atoms with Crippen molar-refractivity contribution in [2.75, 3.05) is 21.3 Å². The first kappa shape index (κ1) is 15.6. The van der Waals surface area contributed by atoms with Crippen molar-refractivity contribution < 1.29 is 8.42 Å². The van der Waals surface area contributed by atoms with Gasteiger partial charge in [-0.1, -0.05) is 35.9 Å². The predicted molar refractivity (Wildman–Crippen MR) is 101 cm³/mol. The summed E-state index contributed by atoms with van der Waals surface area (Å²) in [6, 6.07) is 17.6. The maximum absolute atomic E-state index is 12.3. The van der Waals surface area contributed by atoms with Crippen LogP contribution in [0.15, 0.2) is 54.6 Å². The van der Waals surface area contributed by atoms with E-state index in [1.165, 1.54) is 5.56 Å². The van der Waals surface area contributed by atoms with Crippen molar-refractivity contribution in [1.82, 2.24) is 0 Å². The number of fused-ring (bicyclic) bond motifs is 1. The molecule has 2 fully saturated rings. The van der Waals surface area contributed by atoms with Crippen molar-refractivity contribution in [3.63, 3.8) is 0 Å². The van der Waals surface area contributed by atoms with Crippen LogP contribution in [0.1, 0.15) is 5.56 Å². The second-order valence-electron chi connectivity index (χ2n) is 6.41. The Kier molecular flexibility index (Phi) is 3.62. The number of sulfone groups is 1. The zero-order valence-corrected chi connectivity index (χ0v) is 14.9. The fourth-order valence-corrected chi connectivity index (χ4v) is 6.00. The Morgan fingerprint density at radius 2 is 1.38 bits per heavy atom. The number of hydrogen-bond acceptors (Lipinski definition) is 3. The number of hydrogen-bond donors (Lipinski definition) is 0. The van der Waals surface area contributed by atoms with Gasteiger partial charge >= 0.3 is 0 Å². The van der Waals surface area contributed by atoms with Gasteiger partial charge in [-0.05, 0) is 43.4 Å². The highest BCUT2D eigenvalue weighted by atomic mass is 32.2.